The maximum Gasteiger partial charge on any atom is 0.408 e. The number of benzene rings is 1. The number of anilines is 1. The number of hydrogen-bond donors (Lipinski definition) is 2. The molecule has 2 aromatic heterocycles. The van der Waals surface area contributed by atoms with E-state index in [0.29, 0.717) is 10.5 Å². The molecular formula is C18H18F3N9O. The minimum absolute atomic E-state index is 0.0247. The van der Waals surface area contributed by atoms with Gasteiger partial charge in [-0.3, -0.25) is 4.68 Å². The molecule has 1 aromatic carbocycles. The molecule has 162 valence electrons. The molecule has 0 atom stereocenters. The fraction of sp³-hybridized carbons (Fsp3) is 0.167. The summed E-state index contributed by atoms with van der Waals surface area (Å²) in [5.74, 6) is -0.550. The molecule has 0 saturated heterocycles. The van der Waals surface area contributed by atoms with Gasteiger partial charge in [-0.15, -0.1) is 0 Å². The molecule has 0 unspecified atom stereocenters. The molecule has 2 heterocycles. The van der Waals surface area contributed by atoms with E-state index < -0.39 is 12.7 Å². The van der Waals surface area contributed by atoms with Gasteiger partial charge in [-0.2, -0.15) is 33.2 Å². The van der Waals surface area contributed by atoms with E-state index in [4.69, 9.17) is 16.0 Å². The van der Waals surface area contributed by atoms with E-state index in [1.54, 1.807) is 11.9 Å². The Labute approximate surface area is 174 Å². The van der Waals surface area contributed by atoms with E-state index in [2.05, 4.69) is 31.8 Å². The van der Waals surface area contributed by atoms with Crippen LogP contribution in [0.5, 0.6) is 0 Å². The molecule has 3 rings (SSSR count). The topological polar surface area (TPSA) is 137 Å². The fourth-order valence-electron chi connectivity index (χ4n) is 2.45. The van der Waals surface area contributed by atoms with E-state index in [-0.39, 0.29) is 29.2 Å². The Balaban J connectivity index is 1.76. The number of aromatic nitrogens is 4. The minimum Gasteiger partial charge on any atom is -0.380 e. The third kappa shape index (κ3) is 5.46. The molecule has 0 fully saturated rings. The van der Waals surface area contributed by atoms with Crippen LogP contribution in [0.1, 0.15) is 5.82 Å². The van der Waals surface area contributed by atoms with Gasteiger partial charge in [-0.05, 0) is 18.2 Å². The van der Waals surface area contributed by atoms with Gasteiger partial charge in [0.25, 0.3) is 5.89 Å². The molecule has 0 radical (unpaired) electrons. The van der Waals surface area contributed by atoms with Crippen LogP contribution in [-0.4, -0.2) is 44.9 Å². The molecule has 4 N–H and O–H groups in total. The number of nitrogens with two attached hydrogens (primary N) is 2. The molecule has 0 aliphatic carbocycles. The Bertz CT molecular complexity index is 1120. The van der Waals surface area contributed by atoms with Crippen LogP contribution >= 0.6 is 0 Å². The van der Waals surface area contributed by atoms with Crippen molar-refractivity contribution in [3.8, 4) is 11.6 Å². The van der Waals surface area contributed by atoms with Crippen molar-refractivity contribution in [2.24, 2.45) is 21.5 Å². The third-order valence-electron chi connectivity index (χ3n) is 3.93. The van der Waals surface area contributed by atoms with Gasteiger partial charge in [0, 0.05) is 18.9 Å². The number of halogens is 3. The molecule has 0 spiro atoms. The number of aliphatic imine (C=N–C) groups is 2. The normalized spacial score (nSPS) is 12.8. The van der Waals surface area contributed by atoms with Crippen molar-refractivity contribution in [1.82, 2.24) is 19.9 Å². The summed E-state index contributed by atoms with van der Waals surface area (Å²) in [6.07, 6.45) is -3.29. The largest absolute Gasteiger partial charge is 0.408 e. The fourth-order valence-corrected chi connectivity index (χ4v) is 2.45. The second kappa shape index (κ2) is 8.69. The summed E-state index contributed by atoms with van der Waals surface area (Å²) in [4.78, 5) is 13.6. The van der Waals surface area contributed by atoms with E-state index in [0.717, 1.165) is 5.69 Å². The smallest absolute Gasteiger partial charge is 0.380 e. The van der Waals surface area contributed by atoms with Crippen molar-refractivity contribution < 1.29 is 17.7 Å². The van der Waals surface area contributed by atoms with E-state index >= 15 is 0 Å². The minimum atomic E-state index is -4.47. The summed E-state index contributed by atoms with van der Waals surface area (Å²) in [7, 11) is 1.75. The maximum atomic E-state index is 12.7. The zero-order valence-electron chi connectivity index (χ0n) is 16.3. The summed E-state index contributed by atoms with van der Waals surface area (Å²) in [6.45, 7) is 2.51. The van der Waals surface area contributed by atoms with Gasteiger partial charge in [-0.25, -0.2) is 0 Å². The number of hydrogen-bond acceptors (Lipinski definition) is 6. The predicted octanol–water partition coefficient (Wildman–Crippen LogP) is 2.12. The van der Waals surface area contributed by atoms with Crippen LogP contribution in [0.4, 0.5) is 18.9 Å². The SMILES string of the molecule is C=C(/N=C(N)\N=C(/N)c1noc(-c2ccnn2CC(F)(F)F)n1)N(C)c1ccccc1. The lowest BCUT2D eigenvalue weighted by atomic mass is 10.3. The van der Waals surface area contributed by atoms with Crippen LogP contribution in [-0.2, 0) is 6.54 Å². The summed E-state index contributed by atoms with van der Waals surface area (Å²) in [5.41, 5.74) is 12.4. The number of para-hydroxylation sites is 1. The molecule has 10 nitrogen and oxygen atoms in total. The first-order chi connectivity index (χ1) is 14.6. The Morgan fingerprint density at radius 3 is 2.58 bits per heavy atom. The highest BCUT2D eigenvalue weighted by atomic mass is 19.4. The molecule has 13 heteroatoms. The third-order valence-corrected chi connectivity index (χ3v) is 3.93. The van der Waals surface area contributed by atoms with Gasteiger partial charge in [0.15, 0.2) is 5.84 Å². The summed E-state index contributed by atoms with van der Waals surface area (Å²) >= 11 is 0. The van der Waals surface area contributed by atoms with Crippen LogP contribution in [0.3, 0.4) is 0 Å². The number of amidine groups is 1. The molecule has 3 aromatic rings. The zero-order chi connectivity index (χ0) is 22.6. The number of guanidine groups is 1. The van der Waals surface area contributed by atoms with Gasteiger partial charge in [0.2, 0.25) is 11.8 Å². The number of rotatable bonds is 6. The van der Waals surface area contributed by atoms with Gasteiger partial charge in [0.05, 0.1) is 0 Å². The van der Waals surface area contributed by atoms with Gasteiger partial charge >= 0.3 is 6.18 Å². The lowest BCUT2D eigenvalue weighted by Crippen LogP contribution is -2.22. The molecule has 0 amide bonds. The van der Waals surface area contributed by atoms with Crippen molar-refractivity contribution in [2.75, 3.05) is 11.9 Å². The van der Waals surface area contributed by atoms with Gasteiger partial charge in [-0.1, -0.05) is 29.9 Å². The second-order valence-electron chi connectivity index (χ2n) is 6.19. The standard InChI is InChI=1S/C18H18F3N9O/c1-11(29(2)12-6-4-3-5-7-12)25-17(23)26-14(22)15-27-16(31-28-15)13-8-9-24-30(13)10-18(19,20)21/h3-9H,1,10H2,2H3,(H4,22,23,25,26). The molecule has 0 aliphatic heterocycles. The lowest BCUT2D eigenvalue weighted by molar-refractivity contribution is -0.142. The Hall–Kier alpha value is -4.16. The zero-order valence-corrected chi connectivity index (χ0v) is 16.3. The van der Waals surface area contributed by atoms with Crippen LogP contribution < -0.4 is 16.4 Å². The predicted molar refractivity (Wildman–Crippen MR) is 108 cm³/mol. The van der Waals surface area contributed by atoms with Crippen molar-refractivity contribution in [3.05, 3.63) is 60.8 Å². The first-order valence-electron chi connectivity index (χ1n) is 8.73. The summed E-state index contributed by atoms with van der Waals surface area (Å²) < 4.78 is 43.6. The van der Waals surface area contributed by atoms with Crippen LogP contribution in [0.15, 0.2) is 69.5 Å². The van der Waals surface area contributed by atoms with E-state index in [9.17, 15) is 13.2 Å². The summed E-state index contributed by atoms with van der Waals surface area (Å²) in [6, 6.07) is 10.6. The van der Waals surface area contributed by atoms with Crippen molar-refractivity contribution in [1.29, 1.82) is 0 Å². The van der Waals surface area contributed by atoms with Crippen LogP contribution in [0.2, 0.25) is 0 Å². The first kappa shape index (κ1) is 21.5. The van der Waals surface area contributed by atoms with Crippen LogP contribution in [0.25, 0.3) is 11.6 Å². The Morgan fingerprint density at radius 2 is 1.90 bits per heavy atom. The Morgan fingerprint density at radius 1 is 1.19 bits per heavy atom. The molecule has 0 saturated carbocycles. The average Bonchev–Trinajstić information content (AvgIpc) is 3.36. The highest BCUT2D eigenvalue weighted by molar-refractivity contribution is 6.02. The molecule has 31 heavy (non-hydrogen) atoms. The highest BCUT2D eigenvalue weighted by Crippen LogP contribution is 2.22. The Kier molecular flexibility index (Phi) is 6.04. The quantitative estimate of drug-likeness (QED) is 0.449. The van der Waals surface area contributed by atoms with Crippen LogP contribution in [0, 0.1) is 0 Å². The number of nitrogens with zero attached hydrogens (tertiary/aromatic N) is 7. The second-order valence-corrected chi connectivity index (χ2v) is 6.19. The maximum absolute atomic E-state index is 12.7. The highest BCUT2D eigenvalue weighted by Gasteiger charge is 2.30. The lowest BCUT2D eigenvalue weighted by Gasteiger charge is -2.18. The van der Waals surface area contributed by atoms with Crippen molar-refractivity contribution in [3.63, 3.8) is 0 Å². The molecule has 0 bridgehead atoms. The van der Waals surface area contributed by atoms with Gasteiger partial charge < -0.3 is 20.9 Å². The van der Waals surface area contributed by atoms with Crippen molar-refractivity contribution >= 4 is 17.5 Å². The monoisotopic (exact) mass is 433 g/mol. The number of alkyl halides is 3. The van der Waals surface area contributed by atoms with E-state index in [1.807, 2.05) is 30.3 Å². The summed E-state index contributed by atoms with van der Waals surface area (Å²) in [5, 5.41) is 7.23. The van der Waals surface area contributed by atoms with Gasteiger partial charge in [0.1, 0.15) is 18.1 Å². The molecular weight excluding hydrogens is 415 g/mol. The van der Waals surface area contributed by atoms with Crippen molar-refractivity contribution in [2.45, 2.75) is 12.7 Å². The van der Waals surface area contributed by atoms with E-state index in [1.165, 1.54) is 12.3 Å². The molecule has 0 aliphatic rings. The first-order valence-corrected chi connectivity index (χ1v) is 8.73. The average molecular weight is 433 g/mol.